The van der Waals surface area contributed by atoms with E-state index in [0.29, 0.717) is 0 Å². The number of carbonyl (C=O) groups excluding carboxylic acids is 1. The molecule has 0 aliphatic rings. The van der Waals surface area contributed by atoms with Crippen LogP contribution in [0.3, 0.4) is 0 Å². The lowest BCUT2D eigenvalue weighted by molar-refractivity contribution is -0.146. The summed E-state index contributed by atoms with van der Waals surface area (Å²) in [6.45, 7) is 3.73. The molecule has 1 atom stereocenters. The summed E-state index contributed by atoms with van der Waals surface area (Å²) < 4.78 is 5.44. The van der Waals surface area contributed by atoms with Crippen LogP contribution < -0.4 is 0 Å². The third-order valence-electron chi connectivity index (χ3n) is 3.52. The molecule has 1 aromatic carbocycles. The molecule has 112 valence electrons. The van der Waals surface area contributed by atoms with Crippen molar-refractivity contribution in [1.82, 2.24) is 0 Å². The Kier molecular flexibility index (Phi) is 8.77. The second-order valence-electron chi connectivity index (χ2n) is 5.48. The van der Waals surface area contributed by atoms with Gasteiger partial charge < -0.3 is 4.74 Å². The van der Waals surface area contributed by atoms with Crippen molar-refractivity contribution in [2.75, 3.05) is 0 Å². The molecule has 1 rings (SSSR count). The fourth-order valence-corrected chi connectivity index (χ4v) is 2.47. The predicted octanol–water partition coefficient (Wildman–Crippen LogP) is 4.91. The maximum atomic E-state index is 11.2. The van der Waals surface area contributed by atoms with E-state index in [9.17, 15) is 4.79 Å². The van der Waals surface area contributed by atoms with Gasteiger partial charge in [0.05, 0.1) is 0 Å². The average Bonchev–Trinajstić information content (AvgIpc) is 2.43. The summed E-state index contributed by atoms with van der Waals surface area (Å²) in [7, 11) is 0. The van der Waals surface area contributed by atoms with Gasteiger partial charge in [-0.3, -0.25) is 4.79 Å². The normalized spacial score (nSPS) is 12.1. The van der Waals surface area contributed by atoms with Crippen LogP contribution in [-0.4, -0.2) is 12.1 Å². The van der Waals surface area contributed by atoms with Crippen LogP contribution >= 0.6 is 0 Å². The van der Waals surface area contributed by atoms with Gasteiger partial charge in [0, 0.05) is 13.3 Å². The van der Waals surface area contributed by atoms with Crippen molar-refractivity contribution in [3.05, 3.63) is 35.9 Å². The van der Waals surface area contributed by atoms with Crippen molar-refractivity contribution < 1.29 is 9.53 Å². The van der Waals surface area contributed by atoms with E-state index in [1.807, 2.05) is 18.2 Å². The molecule has 0 amide bonds. The Labute approximate surface area is 123 Å². The first-order chi connectivity index (χ1) is 9.72. The SMILES string of the molecule is CCCCCCCC[C@H](Cc1ccccc1)OC(C)=O. The number of carbonyl (C=O) groups is 1. The van der Waals surface area contributed by atoms with Crippen molar-refractivity contribution in [1.29, 1.82) is 0 Å². The third kappa shape index (κ3) is 7.98. The summed E-state index contributed by atoms with van der Waals surface area (Å²) in [5, 5.41) is 0. The fraction of sp³-hybridized carbons (Fsp3) is 0.611. The molecule has 0 aliphatic heterocycles. The average molecular weight is 276 g/mol. The Bertz CT molecular complexity index is 359. The Morgan fingerprint density at radius 3 is 2.35 bits per heavy atom. The Balaban J connectivity index is 2.31. The minimum Gasteiger partial charge on any atom is -0.462 e. The van der Waals surface area contributed by atoms with Crippen LogP contribution in [0, 0.1) is 0 Å². The topological polar surface area (TPSA) is 26.3 Å². The molecule has 0 aliphatic carbocycles. The molecule has 0 fully saturated rings. The number of esters is 1. The maximum Gasteiger partial charge on any atom is 0.302 e. The minimum atomic E-state index is -0.170. The highest BCUT2D eigenvalue weighted by atomic mass is 16.5. The summed E-state index contributed by atoms with van der Waals surface area (Å²) in [6, 6.07) is 10.3. The maximum absolute atomic E-state index is 11.2. The monoisotopic (exact) mass is 276 g/mol. The van der Waals surface area contributed by atoms with Gasteiger partial charge in [-0.15, -0.1) is 0 Å². The minimum absolute atomic E-state index is 0.0288. The van der Waals surface area contributed by atoms with Crippen LogP contribution in [0.2, 0.25) is 0 Å². The largest absolute Gasteiger partial charge is 0.462 e. The molecule has 0 unspecified atom stereocenters. The number of hydrogen-bond donors (Lipinski definition) is 0. The zero-order chi connectivity index (χ0) is 14.6. The predicted molar refractivity (Wildman–Crippen MR) is 83.7 cm³/mol. The molecular weight excluding hydrogens is 248 g/mol. The summed E-state index contributed by atoms with van der Waals surface area (Å²) >= 11 is 0. The summed E-state index contributed by atoms with van der Waals surface area (Å²) in [5.41, 5.74) is 1.24. The third-order valence-corrected chi connectivity index (χ3v) is 3.52. The molecule has 0 heterocycles. The van der Waals surface area contributed by atoms with Gasteiger partial charge in [-0.25, -0.2) is 0 Å². The van der Waals surface area contributed by atoms with E-state index in [0.717, 1.165) is 19.3 Å². The molecule has 2 heteroatoms. The van der Waals surface area contributed by atoms with Gasteiger partial charge in [0.1, 0.15) is 6.10 Å². The highest BCUT2D eigenvalue weighted by Crippen LogP contribution is 2.14. The van der Waals surface area contributed by atoms with Crippen LogP contribution in [0.4, 0.5) is 0 Å². The molecule has 2 nitrogen and oxygen atoms in total. The van der Waals surface area contributed by atoms with Gasteiger partial charge >= 0.3 is 5.97 Å². The molecule has 0 aromatic heterocycles. The van der Waals surface area contributed by atoms with Crippen molar-refractivity contribution in [2.24, 2.45) is 0 Å². The lowest BCUT2D eigenvalue weighted by Gasteiger charge is -2.17. The quantitative estimate of drug-likeness (QED) is 0.448. The first kappa shape index (κ1) is 16.7. The number of unbranched alkanes of at least 4 members (excludes halogenated alkanes) is 5. The second-order valence-corrected chi connectivity index (χ2v) is 5.48. The molecule has 20 heavy (non-hydrogen) atoms. The molecular formula is C18H28O2. The van der Waals surface area contributed by atoms with Crippen LogP contribution in [0.5, 0.6) is 0 Å². The van der Waals surface area contributed by atoms with Crippen LogP contribution in [0.1, 0.15) is 64.4 Å². The van der Waals surface area contributed by atoms with Gasteiger partial charge in [0.15, 0.2) is 0 Å². The van der Waals surface area contributed by atoms with E-state index in [2.05, 4.69) is 19.1 Å². The van der Waals surface area contributed by atoms with Gasteiger partial charge in [0.25, 0.3) is 0 Å². The Hall–Kier alpha value is -1.31. The number of rotatable bonds is 10. The Morgan fingerprint density at radius 2 is 1.70 bits per heavy atom. The first-order valence-electron chi connectivity index (χ1n) is 7.93. The number of hydrogen-bond acceptors (Lipinski definition) is 2. The van der Waals surface area contributed by atoms with Crippen molar-refractivity contribution in [3.8, 4) is 0 Å². The zero-order valence-corrected chi connectivity index (χ0v) is 12.9. The van der Waals surface area contributed by atoms with E-state index < -0.39 is 0 Å². The lowest BCUT2D eigenvalue weighted by atomic mass is 10.0. The van der Waals surface area contributed by atoms with E-state index in [1.54, 1.807) is 0 Å². The first-order valence-corrected chi connectivity index (χ1v) is 7.93. The van der Waals surface area contributed by atoms with Gasteiger partial charge in [-0.1, -0.05) is 69.4 Å². The van der Waals surface area contributed by atoms with E-state index in [4.69, 9.17) is 4.74 Å². The highest BCUT2D eigenvalue weighted by Gasteiger charge is 2.12. The summed E-state index contributed by atoms with van der Waals surface area (Å²) in [6.07, 6.45) is 9.46. The molecule has 0 radical (unpaired) electrons. The van der Waals surface area contributed by atoms with Crippen molar-refractivity contribution in [2.45, 2.75) is 71.3 Å². The van der Waals surface area contributed by atoms with Crippen molar-refractivity contribution in [3.63, 3.8) is 0 Å². The molecule has 0 N–H and O–H groups in total. The van der Waals surface area contributed by atoms with E-state index in [1.165, 1.54) is 44.6 Å². The van der Waals surface area contributed by atoms with Crippen LogP contribution in [-0.2, 0) is 16.0 Å². The standard InChI is InChI=1S/C18H28O2/c1-3-4-5-6-7-11-14-18(20-16(2)19)15-17-12-9-8-10-13-17/h8-10,12-13,18H,3-7,11,14-15H2,1-2H3/t18-/m1/s1. The van der Waals surface area contributed by atoms with Gasteiger partial charge in [0.2, 0.25) is 0 Å². The zero-order valence-electron chi connectivity index (χ0n) is 12.9. The molecule has 0 saturated carbocycles. The molecule has 0 bridgehead atoms. The Morgan fingerprint density at radius 1 is 1.05 bits per heavy atom. The number of benzene rings is 1. The highest BCUT2D eigenvalue weighted by molar-refractivity contribution is 5.66. The second kappa shape index (κ2) is 10.5. The van der Waals surface area contributed by atoms with Crippen molar-refractivity contribution >= 4 is 5.97 Å². The lowest BCUT2D eigenvalue weighted by Crippen LogP contribution is -2.19. The summed E-state index contributed by atoms with van der Waals surface area (Å²) in [4.78, 5) is 11.2. The summed E-state index contributed by atoms with van der Waals surface area (Å²) in [5.74, 6) is -0.170. The smallest absolute Gasteiger partial charge is 0.302 e. The molecule has 1 aromatic rings. The molecule has 0 spiro atoms. The molecule has 0 saturated heterocycles. The number of ether oxygens (including phenoxy) is 1. The fourth-order valence-electron chi connectivity index (χ4n) is 2.47. The van der Waals surface area contributed by atoms with E-state index in [-0.39, 0.29) is 12.1 Å². The van der Waals surface area contributed by atoms with Crippen LogP contribution in [0.15, 0.2) is 30.3 Å². The van der Waals surface area contributed by atoms with Gasteiger partial charge in [-0.05, 0) is 18.4 Å². The van der Waals surface area contributed by atoms with Crippen LogP contribution in [0.25, 0.3) is 0 Å². The van der Waals surface area contributed by atoms with E-state index >= 15 is 0 Å². The van der Waals surface area contributed by atoms with Gasteiger partial charge in [-0.2, -0.15) is 0 Å².